The second-order valence-electron chi connectivity index (χ2n) is 2.36. The van der Waals surface area contributed by atoms with Gasteiger partial charge in [-0.2, -0.15) is 0 Å². The van der Waals surface area contributed by atoms with Gasteiger partial charge in [-0.1, -0.05) is 23.8 Å². The van der Waals surface area contributed by atoms with Gasteiger partial charge in [-0.05, 0) is 31.0 Å². The highest BCUT2D eigenvalue weighted by Crippen LogP contribution is 2.12. The molecule has 0 atom stereocenters. The van der Waals surface area contributed by atoms with Crippen LogP contribution in [0, 0.1) is 6.92 Å². The van der Waals surface area contributed by atoms with E-state index in [1.165, 1.54) is 0 Å². The molecule has 0 bridgehead atoms. The van der Waals surface area contributed by atoms with Gasteiger partial charge in [0, 0.05) is 6.20 Å². The third-order valence-electron chi connectivity index (χ3n) is 1.46. The molecule has 1 aromatic heterocycles. The summed E-state index contributed by atoms with van der Waals surface area (Å²) in [7, 11) is 0. The lowest BCUT2D eigenvalue weighted by Crippen LogP contribution is -1.82. The molecule has 0 aliphatic carbocycles. The SMILES string of the molecule is C/C=C\c1cnc(Cl)cc1C. The molecule has 0 aliphatic rings. The molecule has 0 fully saturated rings. The normalized spacial score (nSPS) is 10.8. The highest BCUT2D eigenvalue weighted by molar-refractivity contribution is 6.29. The molecule has 0 spiro atoms. The lowest BCUT2D eigenvalue weighted by molar-refractivity contribution is 1.27. The molecule has 1 aromatic rings. The van der Waals surface area contributed by atoms with E-state index in [9.17, 15) is 0 Å². The number of aromatic nitrogens is 1. The van der Waals surface area contributed by atoms with Gasteiger partial charge < -0.3 is 0 Å². The van der Waals surface area contributed by atoms with Crippen LogP contribution in [-0.4, -0.2) is 4.98 Å². The van der Waals surface area contributed by atoms with Crippen molar-refractivity contribution >= 4 is 17.7 Å². The Hall–Kier alpha value is -0.820. The van der Waals surface area contributed by atoms with Crippen molar-refractivity contribution in [3.8, 4) is 0 Å². The van der Waals surface area contributed by atoms with E-state index in [-0.39, 0.29) is 0 Å². The summed E-state index contributed by atoms with van der Waals surface area (Å²) in [5.74, 6) is 0. The van der Waals surface area contributed by atoms with Crippen molar-refractivity contribution in [2.45, 2.75) is 13.8 Å². The summed E-state index contributed by atoms with van der Waals surface area (Å²) >= 11 is 5.68. The van der Waals surface area contributed by atoms with Crippen LogP contribution in [0.1, 0.15) is 18.1 Å². The first-order chi connectivity index (χ1) is 5.24. The fraction of sp³-hybridized carbons (Fsp3) is 0.222. The van der Waals surface area contributed by atoms with E-state index in [0.717, 1.165) is 11.1 Å². The largest absolute Gasteiger partial charge is 0.244 e. The molecule has 58 valence electrons. The number of rotatable bonds is 1. The van der Waals surface area contributed by atoms with Crippen molar-refractivity contribution in [3.05, 3.63) is 34.6 Å². The van der Waals surface area contributed by atoms with Crippen LogP contribution in [0.25, 0.3) is 6.08 Å². The Morgan fingerprint density at radius 2 is 2.27 bits per heavy atom. The van der Waals surface area contributed by atoms with Gasteiger partial charge in [0.2, 0.25) is 0 Å². The van der Waals surface area contributed by atoms with Gasteiger partial charge in [-0.15, -0.1) is 0 Å². The first-order valence-corrected chi connectivity index (χ1v) is 3.86. The molecule has 2 heteroatoms. The van der Waals surface area contributed by atoms with Gasteiger partial charge in [0.15, 0.2) is 0 Å². The maximum absolute atomic E-state index is 5.68. The lowest BCUT2D eigenvalue weighted by atomic mass is 10.1. The second kappa shape index (κ2) is 3.54. The van der Waals surface area contributed by atoms with E-state index in [0.29, 0.717) is 5.15 Å². The summed E-state index contributed by atoms with van der Waals surface area (Å²) in [6.07, 6.45) is 5.77. The summed E-state index contributed by atoms with van der Waals surface area (Å²) in [5, 5.41) is 0.552. The van der Waals surface area contributed by atoms with E-state index in [2.05, 4.69) is 4.98 Å². The van der Waals surface area contributed by atoms with Crippen molar-refractivity contribution in [1.82, 2.24) is 4.98 Å². The van der Waals surface area contributed by atoms with Crippen LogP contribution in [0.5, 0.6) is 0 Å². The van der Waals surface area contributed by atoms with Crippen LogP contribution in [0.15, 0.2) is 18.3 Å². The molecule has 0 amide bonds. The molecule has 0 radical (unpaired) electrons. The summed E-state index contributed by atoms with van der Waals surface area (Å²) in [6.45, 7) is 4.00. The Morgan fingerprint density at radius 1 is 1.55 bits per heavy atom. The smallest absolute Gasteiger partial charge is 0.129 e. The Labute approximate surface area is 71.7 Å². The Balaban J connectivity index is 3.09. The molecule has 0 unspecified atom stereocenters. The summed E-state index contributed by atoms with van der Waals surface area (Å²) in [5.41, 5.74) is 2.28. The summed E-state index contributed by atoms with van der Waals surface area (Å²) in [6, 6.07) is 1.86. The van der Waals surface area contributed by atoms with Crippen LogP contribution in [0.3, 0.4) is 0 Å². The molecule has 0 N–H and O–H groups in total. The number of halogens is 1. The molecule has 1 nitrogen and oxygen atoms in total. The molecule has 1 rings (SSSR count). The van der Waals surface area contributed by atoms with E-state index in [1.54, 1.807) is 6.20 Å². The summed E-state index contributed by atoms with van der Waals surface area (Å²) in [4.78, 5) is 3.97. The predicted octanol–water partition coefficient (Wildman–Crippen LogP) is 3.08. The first kappa shape index (κ1) is 8.28. The molecule has 0 saturated heterocycles. The molecular formula is C9H10ClN. The average molecular weight is 168 g/mol. The number of hydrogen-bond donors (Lipinski definition) is 0. The van der Waals surface area contributed by atoms with Gasteiger partial charge >= 0.3 is 0 Å². The number of nitrogens with zero attached hydrogens (tertiary/aromatic N) is 1. The van der Waals surface area contributed by atoms with Crippen molar-refractivity contribution in [2.24, 2.45) is 0 Å². The lowest BCUT2D eigenvalue weighted by Gasteiger charge is -1.98. The van der Waals surface area contributed by atoms with Crippen LogP contribution < -0.4 is 0 Å². The fourth-order valence-electron chi connectivity index (χ4n) is 0.886. The average Bonchev–Trinajstić information content (AvgIpc) is 1.95. The quantitative estimate of drug-likeness (QED) is 0.586. The van der Waals surface area contributed by atoms with E-state index < -0.39 is 0 Å². The van der Waals surface area contributed by atoms with Gasteiger partial charge in [0.1, 0.15) is 5.15 Å². The number of aryl methyl sites for hydroxylation is 1. The van der Waals surface area contributed by atoms with Gasteiger partial charge in [0.05, 0.1) is 0 Å². The number of hydrogen-bond acceptors (Lipinski definition) is 1. The molecular weight excluding hydrogens is 158 g/mol. The molecule has 0 aromatic carbocycles. The minimum atomic E-state index is 0.552. The first-order valence-electron chi connectivity index (χ1n) is 3.49. The van der Waals surface area contributed by atoms with Gasteiger partial charge in [0.25, 0.3) is 0 Å². The molecule has 1 heterocycles. The zero-order valence-electron chi connectivity index (χ0n) is 6.63. The maximum atomic E-state index is 5.68. The Morgan fingerprint density at radius 3 is 2.82 bits per heavy atom. The Bertz CT molecular complexity index is 279. The van der Waals surface area contributed by atoms with E-state index in [4.69, 9.17) is 11.6 Å². The highest BCUT2D eigenvalue weighted by Gasteiger charge is 1.94. The van der Waals surface area contributed by atoms with Crippen molar-refractivity contribution in [2.75, 3.05) is 0 Å². The highest BCUT2D eigenvalue weighted by atomic mass is 35.5. The molecule has 0 saturated carbocycles. The van der Waals surface area contributed by atoms with Gasteiger partial charge in [-0.25, -0.2) is 4.98 Å². The zero-order chi connectivity index (χ0) is 8.27. The minimum Gasteiger partial charge on any atom is -0.244 e. The van der Waals surface area contributed by atoms with Crippen molar-refractivity contribution < 1.29 is 0 Å². The second-order valence-corrected chi connectivity index (χ2v) is 2.75. The topological polar surface area (TPSA) is 12.9 Å². The van der Waals surface area contributed by atoms with Crippen LogP contribution in [0.2, 0.25) is 5.15 Å². The summed E-state index contributed by atoms with van der Waals surface area (Å²) < 4.78 is 0. The monoisotopic (exact) mass is 167 g/mol. The van der Waals surface area contributed by atoms with Crippen LogP contribution in [-0.2, 0) is 0 Å². The maximum Gasteiger partial charge on any atom is 0.129 e. The number of allylic oxidation sites excluding steroid dienone is 1. The van der Waals surface area contributed by atoms with Crippen LogP contribution >= 0.6 is 11.6 Å². The Kier molecular flexibility index (Phi) is 2.66. The third kappa shape index (κ3) is 2.05. The van der Waals surface area contributed by atoms with Gasteiger partial charge in [-0.3, -0.25) is 0 Å². The fourth-order valence-corrected chi connectivity index (χ4v) is 1.10. The predicted molar refractivity (Wildman–Crippen MR) is 48.7 cm³/mol. The van der Waals surface area contributed by atoms with E-state index >= 15 is 0 Å². The van der Waals surface area contributed by atoms with Crippen LogP contribution in [0.4, 0.5) is 0 Å². The molecule has 11 heavy (non-hydrogen) atoms. The zero-order valence-corrected chi connectivity index (χ0v) is 7.39. The number of pyridine rings is 1. The third-order valence-corrected chi connectivity index (χ3v) is 1.67. The van der Waals surface area contributed by atoms with E-state index in [1.807, 2.05) is 32.1 Å². The standard InChI is InChI=1S/C9H10ClN/c1-3-4-8-6-11-9(10)5-7(8)2/h3-6H,1-2H3/b4-3-. The van der Waals surface area contributed by atoms with Crippen molar-refractivity contribution in [1.29, 1.82) is 0 Å². The molecule has 0 aliphatic heterocycles. The minimum absolute atomic E-state index is 0.552. The van der Waals surface area contributed by atoms with Crippen molar-refractivity contribution in [3.63, 3.8) is 0 Å².